The maximum Gasteiger partial charge on any atom is 0.204 e. The maximum absolute atomic E-state index is 13.9. The molecule has 0 unspecified atom stereocenters. The molecule has 0 aliphatic carbocycles. The van der Waals surface area contributed by atoms with Gasteiger partial charge in [-0.1, -0.05) is 6.07 Å². The summed E-state index contributed by atoms with van der Waals surface area (Å²) in [6.07, 6.45) is 0. The van der Waals surface area contributed by atoms with Gasteiger partial charge in [0.1, 0.15) is 0 Å². The van der Waals surface area contributed by atoms with E-state index in [0.29, 0.717) is 0 Å². The molecule has 2 N–H and O–H groups in total. The molecule has 3 rings (SSSR count). The monoisotopic (exact) mass is 318 g/mol. The van der Waals surface area contributed by atoms with Gasteiger partial charge in [0.2, 0.25) is 11.6 Å². The first-order valence-corrected chi connectivity index (χ1v) is 5.74. The van der Waals surface area contributed by atoms with E-state index in [-0.39, 0.29) is 0 Å². The summed E-state index contributed by atoms with van der Waals surface area (Å²) in [7, 11) is 0. The molecule has 0 aliphatic heterocycles. The third-order valence-corrected chi connectivity index (χ3v) is 3.34. The van der Waals surface area contributed by atoms with Crippen molar-refractivity contribution in [1.82, 2.24) is 0 Å². The SMILES string of the molecule is Oc1c(F)c(F)c(O)c2c1ccc1c(F)c(F)c(F)c(F)c12. The lowest BCUT2D eigenvalue weighted by molar-refractivity contribution is 0.382. The van der Waals surface area contributed by atoms with E-state index < -0.39 is 67.9 Å². The second kappa shape index (κ2) is 4.43. The van der Waals surface area contributed by atoms with Crippen molar-refractivity contribution in [2.75, 3.05) is 0 Å². The van der Waals surface area contributed by atoms with E-state index in [1.165, 1.54) is 0 Å². The Hall–Kier alpha value is -2.64. The lowest BCUT2D eigenvalue weighted by Crippen LogP contribution is -1.99. The number of fused-ring (bicyclic) bond motifs is 3. The highest BCUT2D eigenvalue weighted by atomic mass is 19.2. The molecule has 8 heteroatoms. The molecular formula is C14H4F6O2. The zero-order valence-corrected chi connectivity index (χ0v) is 10.3. The summed E-state index contributed by atoms with van der Waals surface area (Å²) in [5, 5.41) is 15.8. The number of phenolic OH excluding ortho intramolecular Hbond substituents is 2. The van der Waals surface area contributed by atoms with Gasteiger partial charge in [0.05, 0.1) is 0 Å². The van der Waals surface area contributed by atoms with Crippen molar-refractivity contribution in [3.8, 4) is 11.5 Å². The number of hydrogen-bond donors (Lipinski definition) is 2. The highest BCUT2D eigenvalue weighted by Gasteiger charge is 2.27. The Morgan fingerprint density at radius 2 is 1.00 bits per heavy atom. The number of phenols is 2. The summed E-state index contributed by atoms with van der Waals surface area (Å²) in [5.74, 6) is -14.4. The fourth-order valence-electron chi connectivity index (χ4n) is 2.31. The molecular weight excluding hydrogens is 314 g/mol. The minimum absolute atomic E-state index is 0.590. The van der Waals surface area contributed by atoms with Gasteiger partial charge in [-0.05, 0) is 6.07 Å². The number of aromatic hydroxyl groups is 2. The average Bonchev–Trinajstić information content (AvgIpc) is 2.52. The zero-order chi connectivity index (χ0) is 16.3. The average molecular weight is 318 g/mol. The standard InChI is InChI=1S/C14H4F6O2/c15-7-3-1-2-4-6(5(3)8(16)10(18)9(7)17)14(22)12(20)11(19)13(4)21/h1-2,21-22H. The van der Waals surface area contributed by atoms with Gasteiger partial charge in [0.25, 0.3) is 0 Å². The van der Waals surface area contributed by atoms with Crippen molar-refractivity contribution in [3.63, 3.8) is 0 Å². The Balaban J connectivity index is 2.74. The van der Waals surface area contributed by atoms with Crippen LogP contribution in [0.2, 0.25) is 0 Å². The van der Waals surface area contributed by atoms with Gasteiger partial charge in [-0.15, -0.1) is 0 Å². The van der Waals surface area contributed by atoms with Crippen LogP contribution in [0.3, 0.4) is 0 Å². The van der Waals surface area contributed by atoms with Crippen LogP contribution < -0.4 is 0 Å². The van der Waals surface area contributed by atoms with Crippen molar-refractivity contribution in [1.29, 1.82) is 0 Å². The van der Waals surface area contributed by atoms with Crippen LogP contribution in [-0.4, -0.2) is 10.2 Å². The molecule has 0 radical (unpaired) electrons. The smallest absolute Gasteiger partial charge is 0.204 e. The van der Waals surface area contributed by atoms with E-state index in [4.69, 9.17) is 0 Å². The molecule has 0 bridgehead atoms. The summed E-state index contributed by atoms with van der Waals surface area (Å²) < 4.78 is 81.0. The van der Waals surface area contributed by atoms with Crippen LogP contribution in [-0.2, 0) is 0 Å². The van der Waals surface area contributed by atoms with Crippen molar-refractivity contribution >= 4 is 21.5 Å². The molecule has 3 aromatic carbocycles. The molecule has 0 saturated heterocycles. The molecule has 0 fully saturated rings. The first-order chi connectivity index (χ1) is 10.3. The van der Waals surface area contributed by atoms with Crippen LogP contribution in [0.25, 0.3) is 21.5 Å². The van der Waals surface area contributed by atoms with Crippen LogP contribution >= 0.6 is 0 Å². The fourth-order valence-corrected chi connectivity index (χ4v) is 2.31. The molecule has 0 saturated carbocycles. The second-order valence-corrected chi connectivity index (χ2v) is 4.49. The van der Waals surface area contributed by atoms with Crippen LogP contribution in [0.1, 0.15) is 0 Å². The Labute approximate surface area is 117 Å². The first kappa shape index (κ1) is 14.3. The first-order valence-electron chi connectivity index (χ1n) is 5.74. The third-order valence-electron chi connectivity index (χ3n) is 3.34. The minimum atomic E-state index is -2.18. The molecule has 0 aromatic heterocycles. The van der Waals surface area contributed by atoms with Crippen LogP contribution in [0.5, 0.6) is 11.5 Å². The topological polar surface area (TPSA) is 40.5 Å². The molecule has 0 atom stereocenters. The Morgan fingerprint density at radius 3 is 1.64 bits per heavy atom. The number of benzene rings is 3. The van der Waals surface area contributed by atoms with Crippen molar-refractivity contribution in [2.24, 2.45) is 0 Å². The van der Waals surface area contributed by atoms with E-state index in [1.807, 2.05) is 0 Å². The van der Waals surface area contributed by atoms with E-state index in [0.717, 1.165) is 12.1 Å². The third kappa shape index (κ3) is 1.57. The van der Waals surface area contributed by atoms with E-state index in [2.05, 4.69) is 0 Å². The molecule has 0 aliphatic rings. The Bertz CT molecular complexity index is 889. The molecule has 2 nitrogen and oxygen atoms in total. The van der Waals surface area contributed by atoms with E-state index in [1.54, 1.807) is 0 Å². The van der Waals surface area contributed by atoms with Gasteiger partial charge >= 0.3 is 0 Å². The quantitative estimate of drug-likeness (QED) is 0.214. The summed E-state index contributed by atoms with van der Waals surface area (Å²) in [6, 6.07) is 1.56. The maximum atomic E-state index is 13.9. The summed E-state index contributed by atoms with van der Waals surface area (Å²) in [5.41, 5.74) is 0. The van der Waals surface area contributed by atoms with Gasteiger partial charge in [0.15, 0.2) is 34.8 Å². The predicted molar refractivity (Wildman–Crippen MR) is 64.5 cm³/mol. The van der Waals surface area contributed by atoms with Gasteiger partial charge in [-0.3, -0.25) is 0 Å². The van der Waals surface area contributed by atoms with Crippen molar-refractivity contribution < 1.29 is 36.6 Å². The number of hydrogen-bond acceptors (Lipinski definition) is 2. The fraction of sp³-hybridized carbons (Fsp3) is 0. The molecule has 114 valence electrons. The minimum Gasteiger partial charge on any atom is -0.504 e. The summed E-state index contributed by atoms with van der Waals surface area (Å²) >= 11 is 0. The van der Waals surface area contributed by atoms with Gasteiger partial charge in [-0.2, -0.15) is 8.78 Å². The molecule has 3 aromatic rings. The summed E-state index contributed by atoms with van der Waals surface area (Å²) in [4.78, 5) is 0. The van der Waals surface area contributed by atoms with Crippen molar-refractivity contribution in [3.05, 3.63) is 47.0 Å². The normalized spacial score (nSPS) is 11.5. The molecule has 0 heterocycles. The number of halogens is 6. The predicted octanol–water partition coefficient (Wildman–Crippen LogP) is 4.24. The summed E-state index contributed by atoms with van der Waals surface area (Å²) in [6.45, 7) is 0. The van der Waals surface area contributed by atoms with Crippen LogP contribution in [0.15, 0.2) is 12.1 Å². The Morgan fingerprint density at radius 1 is 0.500 bits per heavy atom. The second-order valence-electron chi connectivity index (χ2n) is 4.49. The lowest BCUT2D eigenvalue weighted by Gasteiger charge is -2.12. The molecule has 22 heavy (non-hydrogen) atoms. The van der Waals surface area contributed by atoms with Gasteiger partial charge in [-0.25, -0.2) is 17.6 Å². The Kier molecular flexibility index (Phi) is 2.88. The molecule has 0 spiro atoms. The number of rotatable bonds is 0. The highest BCUT2D eigenvalue weighted by molar-refractivity contribution is 6.12. The molecule has 0 amide bonds. The van der Waals surface area contributed by atoms with Crippen molar-refractivity contribution in [2.45, 2.75) is 0 Å². The van der Waals surface area contributed by atoms with Crippen LogP contribution in [0, 0.1) is 34.9 Å². The zero-order valence-electron chi connectivity index (χ0n) is 10.3. The van der Waals surface area contributed by atoms with Gasteiger partial charge < -0.3 is 10.2 Å². The van der Waals surface area contributed by atoms with E-state index >= 15 is 0 Å². The highest BCUT2D eigenvalue weighted by Crippen LogP contribution is 2.43. The largest absolute Gasteiger partial charge is 0.504 e. The van der Waals surface area contributed by atoms with Crippen LogP contribution in [0.4, 0.5) is 26.3 Å². The lowest BCUT2D eigenvalue weighted by atomic mass is 9.98. The van der Waals surface area contributed by atoms with Gasteiger partial charge in [0, 0.05) is 21.5 Å². The van der Waals surface area contributed by atoms with E-state index in [9.17, 15) is 36.6 Å².